The molecule has 0 radical (unpaired) electrons. The van der Waals surface area contributed by atoms with Crippen molar-refractivity contribution < 1.29 is 14.0 Å². The summed E-state index contributed by atoms with van der Waals surface area (Å²) < 4.78 is 14.1. The van der Waals surface area contributed by atoms with Crippen LogP contribution in [0.15, 0.2) is 18.2 Å². The van der Waals surface area contributed by atoms with E-state index in [9.17, 15) is 14.0 Å². The first kappa shape index (κ1) is 16.1. The molecule has 1 rings (SSSR count). The minimum Gasteiger partial charge on any atom is -0.370 e. The first-order chi connectivity index (χ1) is 9.54. The average molecular weight is 280 g/mol. The van der Waals surface area contributed by atoms with E-state index in [1.54, 1.807) is 25.1 Å². The lowest BCUT2D eigenvalue weighted by molar-refractivity contribution is -0.118. The van der Waals surface area contributed by atoms with Crippen molar-refractivity contribution in [3.05, 3.63) is 29.6 Å². The van der Waals surface area contributed by atoms with Gasteiger partial charge in [-0.2, -0.15) is 0 Å². The van der Waals surface area contributed by atoms with E-state index in [0.29, 0.717) is 24.8 Å². The summed E-state index contributed by atoms with van der Waals surface area (Å²) in [5, 5.41) is 2.54. The van der Waals surface area contributed by atoms with Crippen LogP contribution in [0.1, 0.15) is 44.6 Å². The number of amides is 2. The fraction of sp³-hybridized carbons (Fsp3) is 0.467. The number of rotatable bonds is 8. The smallest absolute Gasteiger partial charge is 0.224 e. The fourth-order valence-electron chi connectivity index (χ4n) is 1.90. The summed E-state index contributed by atoms with van der Waals surface area (Å²) in [5.41, 5.74) is 5.86. The number of halogens is 1. The Morgan fingerprint density at radius 1 is 1.25 bits per heavy atom. The summed E-state index contributed by atoms with van der Waals surface area (Å²) >= 11 is 0. The second-order valence-corrected chi connectivity index (χ2v) is 4.71. The number of benzene rings is 1. The molecular formula is C15H21FN2O2. The second kappa shape index (κ2) is 8.30. The van der Waals surface area contributed by atoms with Crippen LogP contribution in [0.5, 0.6) is 0 Å². The van der Waals surface area contributed by atoms with E-state index in [1.165, 1.54) is 0 Å². The molecule has 1 aromatic rings. The largest absolute Gasteiger partial charge is 0.370 e. The molecule has 0 atom stereocenters. The molecule has 0 saturated heterocycles. The SMILES string of the molecule is CCC(=O)Nc1cccc(CCCCCC(N)=O)c1F. The van der Waals surface area contributed by atoms with Gasteiger partial charge >= 0.3 is 0 Å². The van der Waals surface area contributed by atoms with E-state index in [4.69, 9.17) is 5.73 Å². The van der Waals surface area contributed by atoms with Gasteiger partial charge in [0.2, 0.25) is 11.8 Å². The number of carbonyl (C=O) groups excluding carboxylic acids is 2. The Hall–Kier alpha value is -1.91. The van der Waals surface area contributed by atoms with Crippen molar-refractivity contribution in [3.63, 3.8) is 0 Å². The standard InChI is InChI=1S/C15H21FN2O2/c1-2-14(20)18-12-9-6-8-11(15(12)16)7-4-3-5-10-13(17)19/h6,8-9H,2-5,7,10H2,1H3,(H2,17,19)(H,18,20). The number of unbranched alkanes of at least 4 members (excludes halogenated alkanes) is 2. The van der Waals surface area contributed by atoms with E-state index < -0.39 is 0 Å². The van der Waals surface area contributed by atoms with Crippen LogP contribution >= 0.6 is 0 Å². The molecule has 0 fully saturated rings. The van der Waals surface area contributed by atoms with Gasteiger partial charge in [0.25, 0.3) is 0 Å². The van der Waals surface area contributed by atoms with E-state index in [2.05, 4.69) is 5.32 Å². The lowest BCUT2D eigenvalue weighted by Crippen LogP contribution is -2.11. The third-order valence-corrected chi connectivity index (χ3v) is 3.04. The number of aryl methyl sites for hydroxylation is 1. The van der Waals surface area contributed by atoms with Crippen molar-refractivity contribution in [2.24, 2.45) is 5.73 Å². The molecule has 20 heavy (non-hydrogen) atoms. The van der Waals surface area contributed by atoms with Gasteiger partial charge in [-0.25, -0.2) is 4.39 Å². The van der Waals surface area contributed by atoms with Gasteiger partial charge in [0.1, 0.15) is 5.82 Å². The lowest BCUT2D eigenvalue weighted by atomic mass is 10.0. The molecule has 0 heterocycles. The number of carbonyl (C=O) groups is 2. The van der Waals surface area contributed by atoms with Crippen LogP contribution in [0.3, 0.4) is 0 Å². The zero-order valence-electron chi connectivity index (χ0n) is 11.7. The highest BCUT2D eigenvalue weighted by atomic mass is 19.1. The summed E-state index contributed by atoms with van der Waals surface area (Å²) in [4.78, 5) is 21.9. The van der Waals surface area contributed by atoms with Crippen LogP contribution in [-0.2, 0) is 16.0 Å². The molecule has 3 N–H and O–H groups in total. The van der Waals surface area contributed by atoms with Gasteiger partial charge in [-0.3, -0.25) is 9.59 Å². The molecule has 0 aliphatic heterocycles. The van der Waals surface area contributed by atoms with Gasteiger partial charge in [0.15, 0.2) is 0 Å². The van der Waals surface area contributed by atoms with Gasteiger partial charge in [0.05, 0.1) is 5.69 Å². The summed E-state index contributed by atoms with van der Waals surface area (Å²) in [6.45, 7) is 1.72. The highest BCUT2D eigenvalue weighted by Crippen LogP contribution is 2.20. The van der Waals surface area contributed by atoms with Crippen LogP contribution in [0.25, 0.3) is 0 Å². The average Bonchev–Trinajstić information content (AvgIpc) is 2.41. The molecule has 1 aromatic carbocycles. The summed E-state index contributed by atoms with van der Waals surface area (Å²) in [5.74, 6) is -0.882. The number of nitrogens with one attached hydrogen (secondary N) is 1. The molecule has 0 bridgehead atoms. The molecule has 110 valence electrons. The van der Waals surface area contributed by atoms with Gasteiger partial charge in [-0.05, 0) is 30.9 Å². The third-order valence-electron chi connectivity index (χ3n) is 3.04. The molecule has 0 unspecified atom stereocenters. The number of nitrogens with two attached hydrogens (primary N) is 1. The van der Waals surface area contributed by atoms with E-state index in [1.807, 2.05) is 0 Å². The molecule has 5 heteroatoms. The Morgan fingerprint density at radius 2 is 2.00 bits per heavy atom. The van der Waals surface area contributed by atoms with Crippen molar-refractivity contribution >= 4 is 17.5 Å². The zero-order valence-corrected chi connectivity index (χ0v) is 11.7. The van der Waals surface area contributed by atoms with Crippen LogP contribution in [-0.4, -0.2) is 11.8 Å². The van der Waals surface area contributed by atoms with Crippen LogP contribution in [0.2, 0.25) is 0 Å². The van der Waals surface area contributed by atoms with Crippen LogP contribution in [0, 0.1) is 5.82 Å². The Balaban J connectivity index is 2.51. The number of hydrogen-bond donors (Lipinski definition) is 2. The molecule has 4 nitrogen and oxygen atoms in total. The molecular weight excluding hydrogens is 259 g/mol. The quantitative estimate of drug-likeness (QED) is 0.719. The molecule has 0 saturated carbocycles. The second-order valence-electron chi connectivity index (χ2n) is 4.71. The normalized spacial score (nSPS) is 10.3. The van der Waals surface area contributed by atoms with Crippen LogP contribution < -0.4 is 11.1 Å². The van der Waals surface area contributed by atoms with Gasteiger partial charge in [-0.15, -0.1) is 0 Å². The summed E-state index contributed by atoms with van der Waals surface area (Å²) in [7, 11) is 0. The first-order valence-electron chi connectivity index (χ1n) is 6.90. The molecule has 0 aliphatic rings. The molecule has 0 aromatic heterocycles. The van der Waals surface area contributed by atoms with Crippen LogP contribution in [0.4, 0.5) is 10.1 Å². The van der Waals surface area contributed by atoms with Crippen molar-refractivity contribution in [2.75, 3.05) is 5.32 Å². The zero-order chi connectivity index (χ0) is 15.0. The highest BCUT2D eigenvalue weighted by molar-refractivity contribution is 5.90. The maximum absolute atomic E-state index is 14.1. The topological polar surface area (TPSA) is 72.2 Å². The third kappa shape index (κ3) is 5.38. The summed E-state index contributed by atoms with van der Waals surface area (Å²) in [6.07, 6.45) is 3.61. The maximum atomic E-state index is 14.1. The van der Waals surface area contributed by atoms with Gasteiger partial charge in [0, 0.05) is 12.8 Å². The van der Waals surface area contributed by atoms with E-state index in [0.717, 1.165) is 19.3 Å². The summed E-state index contributed by atoms with van der Waals surface area (Å²) in [6, 6.07) is 5.00. The Labute approximate surface area is 118 Å². The molecule has 2 amide bonds. The lowest BCUT2D eigenvalue weighted by Gasteiger charge is -2.09. The minimum absolute atomic E-state index is 0.206. The minimum atomic E-state index is -0.371. The monoisotopic (exact) mass is 280 g/mol. The van der Waals surface area contributed by atoms with Crippen molar-refractivity contribution in [3.8, 4) is 0 Å². The predicted molar refractivity (Wildman–Crippen MR) is 76.7 cm³/mol. The highest BCUT2D eigenvalue weighted by Gasteiger charge is 2.09. The Morgan fingerprint density at radius 3 is 2.65 bits per heavy atom. The Kier molecular flexibility index (Phi) is 6.70. The van der Waals surface area contributed by atoms with Crippen molar-refractivity contribution in [1.29, 1.82) is 0 Å². The van der Waals surface area contributed by atoms with Gasteiger partial charge in [-0.1, -0.05) is 25.5 Å². The fourth-order valence-corrected chi connectivity index (χ4v) is 1.90. The van der Waals surface area contributed by atoms with E-state index in [-0.39, 0.29) is 23.3 Å². The Bertz CT molecular complexity index is 475. The number of anilines is 1. The molecule has 0 aliphatic carbocycles. The van der Waals surface area contributed by atoms with Crippen molar-refractivity contribution in [1.82, 2.24) is 0 Å². The predicted octanol–water partition coefficient (Wildman–Crippen LogP) is 2.76. The van der Waals surface area contributed by atoms with E-state index >= 15 is 0 Å². The van der Waals surface area contributed by atoms with Gasteiger partial charge < -0.3 is 11.1 Å². The number of primary amides is 1. The first-order valence-corrected chi connectivity index (χ1v) is 6.90. The van der Waals surface area contributed by atoms with Crippen molar-refractivity contribution in [2.45, 2.75) is 45.4 Å². The maximum Gasteiger partial charge on any atom is 0.224 e. The molecule has 0 spiro atoms. The number of hydrogen-bond acceptors (Lipinski definition) is 2.